The number of cyclic esters (lactones) is 2. The maximum absolute atomic E-state index is 12.7. The van der Waals surface area contributed by atoms with Crippen molar-refractivity contribution in [2.75, 3.05) is 0 Å². The lowest BCUT2D eigenvalue weighted by Gasteiger charge is -2.38. The second-order valence-corrected chi connectivity index (χ2v) is 8.76. The third kappa shape index (κ3) is 2.20. The molecule has 4 heterocycles. The monoisotopic (exact) mass is 418 g/mol. The van der Waals surface area contributed by atoms with Gasteiger partial charge in [0.15, 0.2) is 5.79 Å². The third-order valence-corrected chi connectivity index (χ3v) is 7.27. The maximum atomic E-state index is 12.7. The number of aliphatic hydroxyl groups excluding tert-OH is 1. The summed E-state index contributed by atoms with van der Waals surface area (Å²) in [6.45, 7) is 5.10. The van der Waals surface area contributed by atoms with Gasteiger partial charge in [-0.3, -0.25) is 0 Å². The van der Waals surface area contributed by atoms with Gasteiger partial charge in [-0.05, 0) is 38.8 Å². The molecule has 0 aromatic heterocycles. The molecule has 0 saturated carbocycles. The SMILES string of the molecule is CC(=C1CC(C2=CC(O)OC2=O)OC1=O)C1(C)OC2(O)CCC=C3C(=O)OC1C32C. The molecule has 0 bridgehead atoms. The summed E-state index contributed by atoms with van der Waals surface area (Å²) >= 11 is 0. The Bertz CT molecular complexity index is 990. The van der Waals surface area contributed by atoms with Gasteiger partial charge in [-0.25, -0.2) is 14.4 Å². The molecule has 9 heteroatoms. The molecule has 1 aliphatic carbocycles. The summed E-state index contributed by atoms with van der Waals surface area (Å²) in [5, 5.41) is 20.8. The van der Waals surface area contributed by atoms with E-state index in [4.69, 9.17) is 14.2 Å². The first-order valence-electron chi connectivity index (χ1n) is 9.87. The van der Waals surface area contributed by atoms with Crippen LogP contribution in [0.25, 0.3) is 0 Å². The molecule has 0 aromatic carbocycles. The van der Waals surface area contributed by atoms with Crippen molar-refractivity contribution in [3.05, 3.63) is 34.4 Å². The molecule has 30 heavy (non-hydrogen) atoms. The van der Waals surface area contributed by atoms with Crippen LogP contribution in [-0.4, -0.2) is 58.0 Å². The van der Waals surface area contributed by atoms with Gasteiger partial charge in [0.25, 0.3) is 0 Å². The Balaban J connectivity index is 1.54. The normalized spacial score (nSPS) is 46.2. The Morgan fingerprint density at radius 1 is 1.10 bits per heavy atom. The predicted octanol–water partition coefficient (Wildman–Crippen LogP) is 0.549. The highest BCUT2D eigenvalue weighted by atomic mass is 16.7. The number of carbonyl (C=O) groups excluding carboxylic acids is 3. The van der Waals surface area contributed by atoms with E-state index in [2.05, 4.69) is 4.74 Å². The smallest absolute Gasteiger partial charge is 0.340 e. The molecule has 0 radical (unpaired) electrons. The molecule has 4 aliphatic heterocycles. The van der Waals surface area contributed by atoms with Crippen LogP contribution in [-0.2, 0) is 33.3 Å². The average Bonchev–Trinajstić information content (AvgIpc) is 3.33. The zero-order valence-electron chi connectivity index (χ0n) is 16.8. The van der Waals surface area contributed by atoms with Gasteiger partial charge < -0.3 is 29.2 Å². The molecular formula is C21H22O9. The number of hydrogen-bond donors (Lipinski definition) is 2. The highest BCUT2D eigenvalue weighted by Crippen LogP contribution is 2.64. The molecule has 9 nitrogen and oxygen atoms in total. The standard InChI is InChI=1S/C21H22O9/c1-9(10-7-13(27-15(10)23)11-8-14(22)28-16(11)24)20(3)18-19(2)12(17(25)29-18)5-4-6-21(19,26)30-20/h5,8,13-14,18,22,26H,4,6-7H2,1-3H3. The van der Waals surface area contributed by atoms with E-state index in [0.29, 0.717) is 24.0 Å². The summed E-state index contributed by atoms with van der Waals surface area (Å²) in [7, 11) is 0. The van der Waals surface area contributed by atoms with E-state index in [9.17, 15) is 24.6 Å². The summed E-state index contributed by atoms with van der Waals surface area (Å²) in [6.07, 6.45) is 0.732. The Morgan fingerprint density at radius 3 is 2.50 bits per heavy atom. The summed E-state index contributed by atoms with van der Waals surface area (Å²) in [5.74, 6) is -3.49. The van der Waals surface area contributed by atoms with E-state index in [1.54, 1.807) is 26.8 Å². The van der Waals surface area contributed by atoms with Gasteiger partial charge in [0, 0.05) is 24.0 Å². The molecule has 160 valence electrons. The van der Waals surface area contributed by atoms with Crippen LogP contribution >= 0.6 is 0 Å². The number of aliphatic hydroxyl groups is 2. The number of esters is 3. The van der Waals surface area contributed by atoms with Crippen molar-refractivity contribution < 1.29 is 43.5 Å². The van der Waals surface area contributed by atoms with Crippen molar-refractivity contribution in [3.8, 4) is 0 Å². The molecule has 0 aromatic rings. The van der Waals surface area contributed by atoms with E-state index in [-0.39, 0.29) is 17.6 Å². The second kappa shape index (κ2) is 5.81. The fourth-order valence-corrected chi connectivity index (χ4v) is 5.48. The molecule has 0 spiro atoms. The van der Waals surface area contributed by atoms with Crippen LogP contribution in [0.1, 0.15) is 40.0 Å². The van der Waals surface area contributed by atoms with Crippen molar-refractivity contribution in [1.29, 1.82) is 0 Å². The summed E-state index contributed by atoms with van der Waals surface area (Å²) < 4.78 is 21.9. The predicted molar refractivity (Wildman–Crippen MR) is 97.1 cm³/mol. The van der Waals surface area contributed by atoms with E-state index >= 15 is 0 Å². The third-order valence-electron chi connectivity index (χ3n) is 7.27. The quantitative estimate of drug-likeness (QED) is 0.375. The molecule has 6 atom stereocenters. The molecule has 2 N–H and O–H groups in total. The van der Waals surface area contributed by atoms with E-state index < -0.39 is 53.2 Å². The maximum Gasteiger partial charge on any atom is 0.340 e. The fourth-order valence-electron chi connectivity index (χ4n) is 5.48. The van der Waals surface area contributed by atoms with Crippen LogP contribution in [0.3, 0.4) is 0 Å². The number of rotatable bonds is 2. The summed E-state index contributed by atoms with van der Waals surface area (Å²) in [6, 6.07) is 0. The van der Waals surface area contributed by atoms with Crippen LogP contribution in [0.4, 0.5) is 0 Å². The number of ether oxygens (including phenoxy) is 4. The lowest BCUT2D eigenvalue weighted by Crippen LogP contribution is -2.48. The number of allylic oxidation sites excluding steroid dienone is 1. The Kier molecular flexibility index (Phi) is 3.77. The van der Waals surface area contributed by atoms with Crippen molar-refractivity contribution in [3.63, 3.8) is 0 Å². The Hall–Kier alpha value is -2.49. The van der Waals surface area contributed by atoms with Crippen molar-refractivity contribution in [2.45, 2.75) is 69.9 Å². The fraction of sp³-hybridized carbons (Fsp3) is 0.571. The second-order valence-electron chi connectivity index (χ2n) is 8.76. The molecule has 3 saturated heterocycles. The lowest BCUT2D eigenvalue weighted by atomic mass is 9.65. The van der Waals surface area contributed by atoms with Crippen LogP contribution in [0.2, 0.25) is 0 Å². The van der Waals surface area contributed by atoms with Gasteiger partial charge in [-0.15, -0.1) is 0 Å². The molecule has 5 aliphatic rings. The minimum atomic E-state index is -1.62. The van der Waals surface area contributed by atoms with Crippen LogP contribution < -0.4 is 0 Å². The van der Waals surface area contributed by atoms with Gasteiger partial charge >= 0.3 is 17.9 Å². The first-order valence-corrected chi connectivity index (χ1v) is 9.87. The Labute approximate surface area is 171 Å². The van der Waals surface area contributed by atoms with Gasteiger partial charge in [-0.1, -0.05) is 6.08 Å². The van der Waals surface area contributed by atoms with E-state index in [1.165, 1.54) is 6.08 Å². The van der Waals surface area contributed by atoms with Gasteiger partial charge in [-0.2, -0.15) is 0 Å². The van der Waals surface area contributed by atoms with Crippen LogP contribution in [0.15, 0.2) is 34.4 Å². The number of hydrogen-bond acceptors (Lipinski definition) is 9. The molecule has 0 amide bonds. The minimum absolute atomic E-state index is 0.0653. The van der Waals surface area contributed by atoms with Crippen LogP contribution in [0, 0.1) is 5.41 Å². The molecule has 3 fully saturated rings. The van der Waals surface area contributed by atoms with E-state index in [1.807, 2.05) is 0 Å². The first-order chi connectivity index (χ1) is 14.0. The largest absolute Gasteiger partial charge is 0.454 e. The molecule has 6 unspecified atom stereocenters. The van der Waals surface area contributed by atoms with Crippen molar-refractivity contribution in [1.82, 2.24) is 0 Å². The van der Waals surface area contributed by atoms with Crippen molar-refractivity contribution in [2.24, 2.45) is 5.41 Å². The van der Waals surface area contributed by atoms with E-state index in [0.717, 1.165) is 0 Å². The number of carbonyl (C=O) groups is 3. The highest BCUT2D eigenvalue weighted by Gasteiger charge is 2.75. The molecule has 5 rings (SSSR count). The van der Waals surface area contributed by atoms with Crippen molar-refractivity contribution >= 4 is 17.9 Å². The zero-order chi connectivity index (χ0) is 21.6. The zero-order valence-corrected chi connectivity index (χ0v) is 16.8. The minimum Gasteiger partial charge on any atom is -0.454 e. The summed E-state index contributed by atoms with van der Waals surface area (Å²) in [4.78, 5) is 37.0. The van der Waals surface area contributed by atoms with Crippen LogP contribution in [0.5, 0.6) is 0 Å². The lowest BCUT2D eigenvalue weighted by molar-refractivity contribution is -0.247. The topological polar surface area (TPSA) is 129 Å². The first kappa shape index (κ1) is 19.5. The summed E-state index contributed by atoms with van der Waals surface area (Å²) in [5.41, 5.74) is -1.13. The Morgan fingerprint density at radius 2 is 1.83 bits per heavy atom. The average molecular weight is 418 g/mol. The van der Waals surface area contributed by atoms with Gasteiger partial charge in [0.05, 0.1) is 11.0 Å². The van der Waals surface area contributed by atoms with Gasteiger partial charge in [0.2, 0.25) is 6.29 Å². The highest BCUT2D eigenvalue weighted by molar-refractivity contribution is 5.97. The van der Waals surface area contributed by atoms with Gasteiger partial charge in [0.1, 0.15) is 17.8 Å². The molecular weight excluding hydrogens is 396 g/mol.